The molecular formula is C42H74O. The summed E-state index contributed by atoms with van der Waals surface area (Å²) in [4.78, 5) is 0. The Morgan fingerprint density at radius 1 is 0.395 bits per heavy atom. The Labute approximate surface area is 269 Å². The maximum absolute atomic E-state index is 5.91. The van der Waals surface area contributed by atoms with Crippen LogP contribution in [0, 0.1) is 47.3 Å². The van der Waals surface area contributed by atoms with Crippen LogP contribution in [0.2, 0.25) is 0 Å². The highest BCUT2D eigenvalue weighted by atomic mass is 16.5. The first-order valence-electron chi connectivity index (χ1n) is 20.1. The van der Waals surface area contributed by atoms with Crippen molar-refractivity contribution in [2.75, 3.05) is 13.2 Å². The predicted octanol–water partition coefficient (Wildman–Crippen LogP) is 13.3. The summed E-state index contributed by atoms with van der Waals surface area (Å²) in [5.41, 5.74) is 0. The second-order valence-electron chi connectivity index (χ2n) is 16.1. The number of allylic oxidation sites excluding steroid dienone is 2. The van der Waals surface area contributed by atoms with E-state index in [2.05, 4.69) is 38.2 Å². The standard InChI is InChI=1S/C42H74O/c1-3-5-7-13-35-17-25-39(26-18-35)41-29-21-37(22-30-41)15-9-11-33-43-34-12-10-16-38-23-31-42(32-24-38)40-27-19-36(20-28-40)14-8-6-4-2/h9-12,35-42H,3-8,13-34H2,1-2H3/t35-,36-,37-,38-,39-,40-,41-,42-. The molecule has 0 aromatic heterocycles. The Kier molecular flexibility index (Phi) is 17.5. The van der Waals surface area contributed by atoms with Gasteiger partial charge in [-0.3, -0.25) is 0 Å². The Morgan fingerprint density at radius 3 is 1.05 bits per heavy atom. The molecule has 0 aromatic carbocycles. The molecule has 1 heteroatoms. The molecule has 4 fully saturated rings. The molecule has 248 valence electrons. The van der Waals surface area contributed by atoms with Gasteiger partial charge in [-0.2, -0.15) is 0 Å². The lowest BCUT2D eigenvalue weighted by molar-refractivity contribution is 0.143. The summed E-state index contributed by atoms with van der Waals surface area (Å²) in [6.07, 6.45) is 47.8. The van der Waals surface area contributed by atoms with Crippen molar-refractivity contribution in [3.63, 3.8) is 0 Å². The molecule has 0 unspecified atom stereocenters. The lowest BCUT2D eigenvalue weighted by atomic mass is 9.68. The van der Waals surface area contributed by atoms with Gasteiger partial charge in [0.25, 0.3) is 0 Å². The van der Waals surface area contributed by atoms with Crippen LogP contribution in [0.3, 0.4) is 0 Å². The van der Waals surface area contributed by atoms with Gasteiger partial charge in [0.15, 0.2) is 0 Å². The molecule has 4 aliphatic rings. The summed E-state index contributed by atoms with van der Waals surface area (Å²) in [6, 6.07) is 0. The van der Waals surface area contributed by atoms with E-state index >= 15 is 0 Å². The van der Waals surface area contributed by atoms with E-state index in [1.54, 1.807) is 25.7 Å². The van der Waals surface area contributed by atoms with Crippen molar-refractivity contribution < 1.29 is 4.74 Å². The minimum atomic E-state index is 0.785. The number of unbranched alkanes of at least 4 members (excludes halogenated alkanes) is 4. The van der Waals surface area contributed by atoms with Crippen LogP contribution in [-0.2, 0) is 4.74 Å². The third kappa shape index (κ3) is 13.4. The van der Waals surface area contributed by atoms with Crippen molar-refractivity contribution >= 4 is 0 Å². The highest BCUT2D eigenvalue weighted by Gasteiger charge is 2.31. The summed E-state index contributed by atoms with van der Waals surface area (Å²) in [5, 5.41) is 0. The monoisotopic (exact) mass is 595 g/mol. The molecular weight excluding hydrogens is 520 g/mol. The highest BCUT2D eigenvalue weighted by Crippen LogP contribution is 2.44. The molecule has 0 spiro atoms. The van der Waals surface area contributed by atoms with Gasteiger partial charge in [-0.25, -0.2) is 0 Å². The van der Waals surface area contributed by atoms with E-state index in [9.17, 15) is 0 Å². The molecule has 1 nitrogen and oxygen atoms in total. The molecule has 4 saturated carbocycles. The maximum atomic E-state index is 5.91. The molecule has 0 radical (unpaired) electrons. The van der Waals surface area contributed by atoms with E-state index in [1.165, 1.54) is 141 Å². The lowest BCUT2D eigenvalue weighted by Gasteiger charge is -2.37. The Hall–Kier alpha value is -0.560. The van der Waals surface area contributed by atoms with E-state index in [1.807, 2.05) is 0 Å². The van der Waals surface area contributed by atoms with E-state index in [0.717, 1.165) is 60.6 Å². The molecule has 0 amide bonds. The van der Waals surface area contributed by atoms with Crippen molar-refractivity contribution in [2.45, 2.75) is 181 Å². The zero-order valence-electron chi connectivity index (χ0n) is 29.1. The van der Waals surface area contributed by atoms with Gasteiger partial charge in [0.05, 0.1) is 13.2 Å². The molecule has 0 heterocycles. The summed E-state index contributed by atoms with van der Waals surface area (Å²) >= 11 is 0. The minimum Gasteiger partial charge on any atom is -0.373 e. The highest BCUT2D eigenvalue weighted by molar-refractivity contribution is 4.90. The van der Waals surface area contributed by atoms with Gasteiger partial charge in [0, 0.05) is 0 Å². The fourth-order valence-corrected chi connectivity index (χ4v) is 9.97. The molecule has 4 aliphatic carbocycles. The largest absolute Gasteiger partial charge is 0.373 e. The predicted molar refractivity (Wildman–Crippen MR) is 188 cm³/mol. The third-order valence-corrected chi connectivity index (χ3v) is 13.0. The van der Waals surface area contributed by atoms with Crippen molar-refractivity contribution in [3.8, 4) is 0 Å². The zero-order valence-corrected chi connectivity index (χ0v) is 29.1. The Morgan fingerprint density at radius 2 is 0.721 bits per heavy atom. The number of hydrogen-bond acceptors (Lipinski definition) is 1. The van der Waals surface area contributed by atoms with Crippen molar-refractivity contribution in [3.05, 3.63) is 24.3 Å². The summed E-state index contributed by atoms with van der Waals surface area (Å²) in [6.45, 7) is 6.24. The number of ether oxygens (including phenoxy) is 1. The fraction of sp³-hybridized carbons (Fsp3) is 0.905. The second-order valence-corrected chi connectivity index (χ2v) is 16.1. The van der Waals surface area contributed by atoms with Crippen LogP contribution < -0.4 is 0 Å². The van der Waals surface area contributed by atoms with Crippen LogP contribution in [0.25, 0.3) is 0 Å². The summed E-state index contributed by atoms with van der Waals surface area (Å²) in [7, 11) is 0. The van der Waals surface area contributed by atoms with Crippen LogP contribution in [0.4, 0.5) is 0 Å². The van der Waals surface area contributed by atoms with Gasteiger partial charge in [-0.1, -0.05) is 115 Å². The number of rotatable bonds is 18. The first kappa shape index (κ1) is 35.3. The molecule has 0 bridgehead atoms. The normalized spacial score (nSPS) is 34.3. The van der Waals surface area contributed by atoms with Crippen LogP contribution in [0.15, 0.2) is 24.3 Å². The van der Waals surface area contributed by atoms with Gasteiger partial charge >= 0.3 is 0 Å². The van der Waals surface area contributed by atoms with Crippen LogP contribution in [0.5, 0.6) is 0 Å². The molecule has 43 heavy (non-hydrogen) atoms. The van der Waals surface area contributed by atoms with Gasteiger partial charge in [-0.15, -0.1) is 0 Å². The number of hydrogen-bond donors (Lipinski definition) is 0. The minimum absolute atomic E-state index is 0.785. The summed E-state index contributed by atoms with van der Waals surface area (Å²) in [5.74, 6) is 8.20. The second kappa shape index (κ2) is 21.3. The van der Waals surface area contributed by atoms with Gasteiger partial charge < -0.3 is 4.74 Å². The van der Waals surface area contributed by atoms with Gasteiger partial charge in [-0.05, 0) is 137 Å². The van der Waals surface area contributed by atoms with Crippen molar-refractivity contribution in [1.29, 1.82) is 0 Å². The first-order chi connectivity index (χ1) is 21.2. The molecule has 0 aliphatic heterocycles. The first-order valence-corrected chi connectivity index (χ1v) is 20.1. The average Bonchev–Trinajstić information content (AvgIpc) is 3.05. The van der Waals surface area contributed by atoms with E-state index < -0.39 is 0 Å². The molecule has 0 atom stereocenters. The molecule has 4 rings (SSSR count). The smallest absolute Gasteiger partial charge is 0.0651 e. The Balaban J connectivity index is 0.953. The maximum Gasteiger partial charge on any atom is 0.0651 e. The molecule has 0 N–H and O–H groups in total. The topological polar surface area (TPSA) is 9.23 Å². The van der Waals surface area contributed by atoms with Crippen LogP contribution in [-0.4, -0.2) is 13.2 Å². The lowest BCUT2D eigenvalue weighted by Crippen LogP contribution is -2.25. The SMILES string of the molecule is CCCCC[C@H]1CC[C@H]([C@H]2CC[C@H](CC=CCOCC=CC[C@H]3CC[C@H]([C@H]4CC[C@H](CCCCC)CC4)CC3)CC2)CC1. The Bertz CT molecular complexity index is 658. The van der Waals surface area contributed by atoms with Crippen molar-refractivity contribution in [1.82, 2.24) is 0 Å². The van der Waals surface area contributed by atoms with E-state index in [0.29, 0.717) is 0 Å². The quantitative estimate of drug-likeness (QED) is 0.113. The van der Waals surface area contributed by atoms with E-state index in [4.69, 9.17) is 4.74 Å². The van der Waals surface area contributed by atoms with Gasteiger partial charge in [0.2, 0.25) is 0 Å². The van der Waals surface area contributed by atoms with Crippen LogP contribution >= 0.6 is 0 Å². The molecule has 0 aromatic rings. The summed E-state index contributed by atoms with van der Waals surface area (Å²) < 4.78 is 5.91. The molecule has 0 saturated heterocycles. The van der Waals surface area contributed by atoms with Crippen molar-refractivity contribution in [2.24, 2.45) is 47.3 Å². The fourth-order valence-electron chi connectivity index (χ4n) is 9.97. The van der Waals surface area contributed by atoms with Gasteiger partial charge in [0.1, 0.15) is 0 Å². The van der Waals surface area contributed by atoms with Crippen LogP contribution in [0.1, 0.15) is 181 Å². The zero-order chi connectivity index (χ0) is 30.0. The third-order valence-electron chi connectivity index (χ3n) is 13.0. The van der Waals surface area contributed by atoms with E-state index in [-0.39, 0.29) is 0 Å². The average molecular weight is 595 g/mol.